The predicted molar refractivity (Wildman–Crippen MR) is 92.0 cm³/mol. The lowest BCUT2D eigenvalue weighted by molar-refractivity contribution is -0.157. The van der Waals surface area contributed by atoms with Crippen molar-refractivity contribution >= 4 is 5.97 Å². The molecule has 0 aromatic heterocycles. The molecule has 134 valence electrons. The largest absolute Gasteiger partial charge is 0.497 e. The number of carbonyl (C=O) groups is 1. The van der Waals surface area contributed by atoms with Crippen LogP contribution in [-0.4, -0.2) is 38.0 Å². The minimum atomic E-state index is -1.23. The van der Waals surface area contributed by atoms with E-state index in [9.17, 15) is 9.90 Å². The van der Waals surface area contributed by atoms with Crippen LogP contribution in [0, 0.1) is 0 Å². The van der Waals surface area contributed by atoms with Crippen LogP contribution >= 0.6 is 0 Å². The van der Waals surface area contributed by atoms with E-state index in [1.54, 1.807) is 62.6 Å². The van der Waals surface area contributed by atoms with E-state index in [0.29, 0.717) is 22.8 Å². The Balaban J connectivity index is 2.29. The summed E-state index contributed by atoms with van der Waals surface area (Å²) in [7, 11) is 3.05. The van der Waals surface area contributed by atoms with Crippen LogP contribution in [-0.2, 0) is 9.53 Å². The summed E-state index contributed by atoms with van der Waals surface area (Å²) in [6.45, 7) is 1.87. The number of ether oxygens (including phenoxy) is 4. The average molecular weight is 346 g/mol. The first-order valence-electron chi connectivity index (χ1n) is 7.89. The van der Waals surface area contributed by atoms with Gasteiger partial charge in [-0.1, -0.05) is 24.3 Å². The Labute approximate surface area is 146 Å². The molecule has 6 nitrogen and oxygen atoms in total. The summed E-state index contributed by atoms with van der Waals surface area (Å²) in [4.78, 5) is 12.3. The van der Waals surface area contributed by atoms with E-state index in [0.717, 1.165) is 0 Å². The van der Waals surface area contributed by atoms with Gasteiger partial charge in [0.15, 0.2) is 11.5 Å². The molecule has 0 spiro atoms. The lowest BCUT2D eigenvalue weighted by atomic mass is 10.0. The average Bonchev–Trinajstić information content (AvgIpc) is 2.66. The monoisotopic (exact) mass is 346 g/mol. The van der Waals surface area contributed by atoms with Gasteiger partial charge in [-0.3, -0.25) is 0 Å². The first-order valence-corrected chi connectivity index (χ1v) is 7.89. The summed E-state index contributed by atoms with van der Waals surface area (Å²) in [5.74, 6) is 0.792. The molecule has 0 fully saturated rings. The number of para-hydroxylation sites is 2. The third-order valence-electron chi connectivity index (χ3n) is 3.59. The van der Waals surface area contributed by atoms with Crippen molar-refractivity contribution in [3.05, 3.63) is 54.1 Å². The lowest BCUT2D eigenvalue weighted by Gasteiger charge is -2.23. The van der Waals surface area contributed by atoms with Gasteiger partial charge in [0.2, 0.25) is 6.10 Å². The van der Waals surface area contributed by atoms with E-state index >= 15 is 0 Å². The zero-order valence-electron chi connectivity index (χ0n) is 14.5. The molecule has 0 aliphatic carbocycles. The fraction of sp³-hybridized carbons (Fsp3) is 0.316. The highest BCUT2D eigenvalue weighted by Gasteiger charge is 2.32. The van der Waals surface area contributed by atoms with Crippen LogP contribution in [0.3, 0.4) is 0 Å². The summed E-state index contributed by atoms with van der Waals surface area (Å²) >= 11 is 0. The topological polar surface area (TPSA) is 74.2 Å². The highest BCUT2D eigenvalue weighted by molar-refractivity contribution is 5.76. The summed E-state index contributed by atoms with van der Waals surface area (Å²) in [5, 5.41) is 10.7. The van der Waals surface area contributed by atoms with Crippen molar-refractivity contribution in [2.24, 2.45) is 0 Å². The molecule has 1 N–H and O–H groups in total. The number of methoxy groups -OCH3 is 2. The maximum atomic E-state index is 12.3. The zero-order chi connectivity index (χ0) is 18.2. The number of esters is 1. The fourth-order valence-electron chi connectivity index (χ4n) is 2.29. The summed E-state index contributed by atoms with van der Waals surface area (Å²) in [6.07, 6.45) is -2.44. The van der Waals surface area contributed by atoms with Gasteiger partial charge in [0.05, 0.1) is 20.8 Å². The second kappa shape index (κ2) is 8.94. The van der Waals surface area contributed by atoms with Gasteiger partial charge in [-0.2, -0.15) is 0 Å². The molecule has 2 rings (SSSR count). The fourth-order valence-corrected chi connectivity index (χ4v) is 2.29. The lowest BCUT2D eigenvalue weighted by Crippen LogP contribution is -2.35. The molecule has 0 heterocycles. The number of benzene rings is 2. The van der Waals surface area contributed by atoms with Gasteiger partial charge < -0.3 is 24.1 Å². The molecule has 6 heteroatoms. The van der Waals surface area contributed by atoms with E-state index in [4.69, 9.17) is 18.9 Å². The van der Waals surface area contributed by atoms with E-state index in [1.807, 2.05) is 0 Å². The third kappa shape index (κ3) is 4.64. The first kappa shape index (κ1) is 18.6. The van der Waals surface area contributed by atoms with Crippen LogP contribution in [0.4, 0.5) is 0 Å². The number of aliphatic hydroxyl groups is 1. The summed E-state index contributed by atoms with van der Waals surface area (Å²) in [6, 6.07) is 13.6. The van der Waals surface area contributed by atoms with E-state index < -0.39 is 18.2 Å². The molecule has 0 radical (unpaired) electrons. The molecule has 2 unspecified atom stereocenters. The number of carbonyl (C=O) groups excluding carboxylic acids is 1. The van der Waals surface area contributed by atoms with Crippen molar-refractivity contribution in [1.29, 1.82) is 0 Å². The summed E-state index contributed by atoms with van der Waals surface area (Å²) < 4.78 is 21.1. The van der Waals surface area contributed by atoms with Crippen LogP contribution in [0.2, 0.25) is 0 Å². The van der Waals surface area contributed by atoms with Crippen LogP contribution in [0.25, 0.3) is 0 Å². The van der Waals surface area contributed by atoms with Crippen molar-refractivity contribution in [2.45, 2.75) is 19.1 Å². The molecule has 0 saturated heterocycles. The Bertz CT molecular complexity index is 683. The molecule has 25 heavy (non-hydrogen) atoms. The molecular weight excluding hydrogens is 324 g/mol. The Hall–Kier alpha value is -2.73. The minimum Gasteiger partial charge on any atom is -0.497 e. The molecule has 0 aliphatic heterocycles. The Kier molecular flexibility index (Phi) is 6.65. The normalized spacial score (nSPS) is 12.8. The second-order valence-corrected chi connectivity index (χ2v) is 5.16. The third-order valence-corrected chi connectivity index (χ3v) is 3.59. The van der Waals surface area contributed by atoms with Gasteiger partial charge in [-0.25, -0.2) is 4.79 Å². The minimum absolute atomic E-state index is 0.181. The van der Waals surface area contributed by atoms with Gasteiger partial charge >= 0.3 is 5.97 Å². The number of hydrogen-bond acceptors (Lipinski definition) is 6. The van der Waals surface area contributed by atoms with Gasteiger partial charge in [-0.05, 0) is 36.8 Å². The van der Waals surface area contributed by atoms with Gasteiger partial charge in [0.1, 0.15) is 11.9 Å². The van der Waals surface area contributed by atoms with Crippen molar-refractivity contribution in [2.75, 3.05) is 20.8 Å². The molecule has 2 atom stereocenters. The van der Waals surface area contributed by atoms with Crippen molar-refractivity contribution < 1.29 is 28.8 Å². The van der Waals surface area contributed by atoms with Crippen molar-refractivity contribution in [3.63, 3.8) is 0 Å². The highest BCUT2D eigenvalue weighted by atomic mass is 16.6. The van der Waals surface area contributed by atoms with Crippen LogP contribution in [0.15, 0.2) is 48.5 Å². The van der Waals surface area contributed by atoms with Gasteiger partial charge in [0, 0.05) is 0 Å². The number of hydrogen-bond donors (Lipinski definition) is 1. The zero-order valence-corrected chi connectivity index (χ0v) is 14.5. The van der Waals surface area contributed by atoms with Crippen molar-refractivity contribution in [3.8, 4) is 17.2 Å². The van der Waals surface area contributed by atoms with Crippen LogP contribution in [0.5, 0.6) is 17.2 Å². The molecular formula is C19H22O6. The van der Waals surface area contributed by atoms with Crippen LogP contribution < -0.4 is 14.2 Å². The van der Waals surface area contributed by atoms with E-state index in [2.05, 4.69) is 0 Å². The number of rotatable bonds is 8. The second-order valence-electron chi connectivity index (χ2n) is 5.16. The quantitative estimate of drug-likeness (QED) is 0.741. The van der Waals surface area contributed by atoms with E-state index in [-0.39, 0.29) is 6.61 Å². The summed E-state index contributed by atoms with van der Waals surface area (Å²) in [5.41, 5.74) is 0.508. The number of aliphatic hydroxyl groups excluding tert-OH is 1. The van der Waals surface area contributed by atoms with E-state index in [1.165, 1.54) is 7.11 Å². The Morgan fingerprint density at radius 1 is 1.00 bits per heavy atom. The molecule has 2 aromatic carbocycles. The predicted octanol–water partition coefficient (Wildman–Crippen LogP) is 2.75. The van der Waals surface area contributed by atoms with Gasteiger partial charge in [0.25, 0.3) is 0 Å². The molecule has 2 aromatic rings. The molecule has 0 aliphatic rings. The Morgan fingerprint density at radius 3 is 2.20 bits per heavy atom. The molecule has 0 bridgehead atoms. The first-order chi connectivity index (χ1) is 12.1. The maximum absolute atomic E-state index is 12.3. The van der Waals surface area contributed by atoms with Crippen LogP contribution in [0.1, 0.15) is 18.6 Å². The van der Waals surface area contributed by atoms with Gasteiger partial charge in [-0.15, -0.1) is 0 Å². The van der Waals surface area contributed by atoms with Crippen molar-refractivity contribution in [1.82, 2.24) is 0 Å². The standard InChI is InChI=1S/C19H22O6/c1-4-24-19(21)18(25-16-8-6-5-7-15(16)23-3)17(20)13-9-11-14(22-2)12-10-13/h5-12,17-18,20H,4H2,1-3H3. The maximum Gasteiger partial charge on any atom is 0.350 e. The SMILES string of the molecule is CCOC(=O)C(Oc1ccccc1OC)C(O)c1ccc(OC)cc1. The highest BCUT2D eigenvalue weighted by Crippen LogP contribution is 2.30. The smallest absolute Gasteiger partial charge is 0.350 e. The molecule has 0 saturated carbocycles. The Morgan fingerprint density at radius 2 is 1.64 bits per heavy atom. The molecule has 0 amide bonds.